The quantitative estimate of drug-likeness (QED) is 0.639. The highest BCUT2D eigenvalue weighted by Gasteiger charge is 2.08. The van der Waals surface area contributed by atoms with Crippen molar-refractivity contribution >= 4 is 11.3 Å². The van der Waals surface area contributed by atoms with E-state index in [1.165, 1.54) is 6.07 Å². The van der Waals surface area contributed by atoms with Crippen LogP contribution in [0.2, 0.25) is 0 Å². The molecule has 0 bridgehead atoms. The fourth-order valence-corrected chi connectivity index (χ4v) is 1.69. The molecule has 0 aliphatic carbocycles. The molecule has 6 heteroatoms. The molecule has 3 aromatic rings. The Bertz CT molecular complexity index is 743. The van der Waals surface area contributed by atoms with Gasteiger partial charge in [0, 0.05) is 29.7 Å². The van der Waals surface area contributed by atoms with Gasteiger partial charge in [-0.3, -0.25) is 9.20 Å². The molecule has 0 fully saturated rings. The van der Waals surface area contributed by atoms with Crippen molar-refractivity contribution in [1.29, 1.82) is 0 Å². The van der Waals surface area contributed by atoms with Gasteiger partial charge in [0.2, 0.25) is 5.56 Å². The standard InChI is InChI=1S/C11H9N5O/c12-8-1-2-9-14-15-11(16(9)6-8)7-3-4-13-10(17)5-7/h1-6H,12H2,(H,13,17). The molecule has 3 heterocycles. The molecule has 17 heavy (non-hydrogen) atoms. The van der Waals surface area contributed by atoms with Crippen LogP contribution in [0.4, 0.5) is 5.69 Å². The highest BCUT2D eigenvalue weighted by atomic mass is 16.1. The maximum absolute atomic E-state index is 11.3. The third kappa shape index (κ3) is 1.55. The molecule has 0 amide bonds. The Kier molecular flexibility index (Phi) is 1.94. The van der Waals surface area contributed by atoms with E-state index in [0.29, 0.717) is 22.7 Å². The van der Waals surface area contributed by atoms with Crippen LogP contribution in [0.3, 0.4) is 0 Å². The van der Waals surface area contributed by atoms with E-state index in [0.717, 1.165) is 0 Å². The first-order chi connectivity index (χ1) is 8.24. The lowest BCUT2D eigenvalue weighted by Gasteiger charge is -2.00. The summed E-state index contributed by atoms with van der Waals surface area (Å²) in [5.41, 5.74) is 7.54. The van der Waals surface area contributed by atoms with Crippen molar-refractivity contribution in [3.63, 3.8) is 0 Å². The van der Waals surface area contributed by atoms with Gasteiger partial charge >= 0.3 is 0 Å². The Morgan fingerprint density at radius 1 is 1.24 bits per heavy atom. The van der Waals surface area contributed by atoms with Crippen molar-refractivity contribution in [1.82, 2.24) is 19.6 Å². The van der Waals surface area contributed by atoms with Gasteiger partial charge in [-0.25, -0.2) is 0 Å². The fraction of sp³-hybridized carbons (Fsp3) is 0. The van der Waals surface area contributed by atoms with Crippen LogP contribution in [0.15, 0.2) is 41.5 Å². The number of nitrogen functional groups attached to an aromatic ring is 1. The monoisotopic (exact) mass is 227 g/mol. The van der Waals surface area contributed by atoms with E-state index in [9.17, 15) is 4.79 Å². The van der Waals surface area contributed by atoms with Crippen molar-refractivity contribution in [3.05, 3.63) is 47.0 Å². The molecule has 3 rings (SSSR count). The van der Waals surface area contributed by atoms with E-state index < -0.39 is 0 Å². The number of aromatic amines is 1. The minimum atomic E-state index is -0.178. The molecule has 0 radical (unpaired) electrons. The molecule has 0 aliphatic rings. The first kappa shape index (κ1) is 9.59. The maximum atomic E-state index is 11.3. The number of anilines is 1. The zero-order chi connectivity index (χ0) is 11.8. The third-order valence-electron chi connectivity index (χ3n) is 2.46. The smallest absolute Gasteiger partial charge is 0.248 e. The lowest BCUT2D eigenvalue weighted by molar-refractivity contribution is 1.10. The Labute approximate surface area is 95.7 Å². The Morgan fingerprint density at radius 2 is 2.12 bits per heavy atom. The first-order valence-corrected chi connectivity index (χ1v) is 5.03. The molecule has 0 saturated carbocycles. The van der Waals surface area contributed by atoms with E-state index in [1.807, 2.05) is 0 Å². The molecule has 84 valence electrons. The second kappa shape index (κ2) is 3.44. The summed E-state index contributed by atoms with van der Waals surface area (Å²) >= 11 is 0. The number of hydrogen-bond donors (Lipinski definition) is 2. The van der Waals surface area contributed by atoms with Gasteiger partial charge in [-0.2, -0.15) is 0 Å². The minimum Gasteiger partial charge on any atom is -0.398 e. The van der Waals surface area contributed by atoms with E-state index in [2.05, 4.69) is 15.2 Å². The molecule has 3 aromatic heterocycles. The largest absolute Gasteiger partial charge is 0.398 e. The average molecular weight is 227 g/mol. The highest BCUT2D eigenvalue weighted by Crippen LogP contribution is 2.17. The number of nitrogens with zero attached hydrogens (tertiary/aromatic N) is 3. The number of rotatable bonds is 1. The number of nitrogens with two attached hydrogens (primary N) is 1. The zero-order valence-corrected chi connectivity index (χ0v) is 8.79. The number of H-pyrrole nitrogens is 1. The van der Waals surface area contributed by atoms with Crippen LogP contribution in [-0.4, -0.2) is 19.6 Å². The van der Waals surface area contributed by atoms with Gasteiger partial charge < -0.3 is 10.7 Å². The zero-order valence-electron chi connectivity index (χ0n) is 8.79. The molecule has 0 atom stereocenters. The predicted octanol–water partition coefficient (Wildman–Crippen LogP) is 0.667. The van der Waals surface area contributed by atoms with Crippen LogP contribution in [0.1, 0.15) is 0 Å². The normalized spacial score (nSPS) is 10.8. The SMILES string of the molecule is Nc1ccc2nnc(-c3cc[nH]c(=O)c3)n2c1. The number of hydrogen-bond acceptors (Lipinski definition) is 4. The second-order valence-electron chi connectivity index (χ2n) is 3.66. The number of aromatic nitrogens is 4. The summed E-state index contributed by atoms with van der Waals surface area (Å²) in [5, 5.41) is 8.06. The van der Waals surface area contributed by atoms with Gasteiger partial charge in [0.1, 0.15) is 0 Å². The van der Waals surface area contributed by atoms with E-state index >= 15 is 0 Å². The predicted molar refractivity (Wildman–Crippen MR) is 63.5 cm³/mol. The number of nitrogens with one attached hydrogen (secondary N) is 1. The Hall–Kier alpha value is -2.63. The molecular formula is C11H9N5O. The summed E-state index contributed by atoms with van der Waals surface area (Å²) in [4.78, 5) is 13.8. The molecular weight excluding hydrogens is 218 g/mol. The molecule has 0 aromatic carbocycles. The van der Waals surface area contributed by atoms with Crippen LogP contribution < -0.4 is 11.3 Å². The molecule has 0 aliphatic heterocycles. The Morgan fingerprint density at radius 3 is 2.94 bits per heavy atom. The fourth-order valence-electron chi connectivity index (χ4n) is 1.69. The van der Waals surface area contributed by atoms with Gasteiger partial charge in [0.15, 0.2) is 11.5 Å². The first-order valence-electron chi connectivity index (χ1n) is 5.03. The molecule has 0 unspecified atom stereocenters. The van der Waals surface area contributed by atoms with Gasteiger partial charge in [0.25, 0.3) is 0 Å². The van der Waals surface area contributed by atoms with Crippen LogP contribution in [0, 0.1) is 0 Å². The number of fused-ring (bicyclic) bond motifs is 1. The molecule has 0 spiro atoms. The summed E-state index contributed by atoms with van der Waals surface area (Å²) in [6, 6.07) is 6.77. The van der Waals surface area contributed by atoms with Crippen molar-refractivity contribution in [3.8, 4) is 11.4 Å². The third-order valence-corrected chi connectivity index (χ3v) is 2.46. The lowest BCUT2D eigenvalue weighted by Crippen LogP contribution is -2.03. The van der Waals surface area contributed by atoms with Gasteiger partial charge in [-0.1, -0.05) is 0 Å². The summed E-state index contributed by atoms with van der Waals surface area (Å²) in [6.07, 6.45) is 3.30. The van der Waals surface area contributed by atoms with E-state index in [-0.39, 0.29) is 5.56 Å². The molecule has 0 saturated heterocycles. The summed E-state index contributed by atoms with van der Waals surface area (Å²) in [7, 11) is 0. The lowest BCUT2D eigenvalue weighted by atomic mass is 10.2. The van der Waals surface area contributed by atoms with Crippen LogP contribution in [0.25, 0.3) is 17.0 Å². The molecule has 6 nitrogen and oxygen atoms in total. The van der Waals surface area contributed by atoms with Crippen molar-refractivity contribution in [2.75, 3.05) is 5.73 Å². The van der Waals surface area contributed by atoms with Crippen LogP contribution in [-0.2, 0) is 0 Å². The van der Waals surface area contributed by atoms with Crippen LogP contribution in [0.5, 0.6) is 0 Å². The summed E-state index contributed by atoms with van der Waals surface area (Å²) in [5.74, 6) is 0.596. The molecule has 3 N–H and O–H groups in total. The highest BCUT2D eigenvalue weighted by molar-refractivity contribution is 5.60. The second-order valence-corrected chi connectivity index (χ2v) is 3.66. The van der Waals surface area contributed by atoms with Crippen LogP contribution >= 0.6 is 0 Å². The maximum Gasteiger partial charge on any atom is 0.248 e. The van der Waals surface area contributed by atoms with E-state index in [1.54, 1.807) is 35.0 Å². The van der Waals surface area contributed by atoms with Gasteiger partial charge in [-0.05, 0) is 18.2 Å². The number of pyridine rings is 2. The topological polar surface area (TPSA) is 89.1 Å². The average Bonchev–Trinajstić information content (AvgIpc) is 2.71. The summed E-state index contributed by atoms with van der Waals surface area (Å²) < 4.78 is 1.75. The van der Waals surface area contributed by atoms with Crippen molar-refractivity contribution in [2.45, 2.75) is 0 Å². The van der Waals surface area contributed by atoms with Gasteiger partial charge in [0.05, 0.1) is 0 Å². The van der Waals surface area contributed by atoms with Crippen molar-refractivity contribution < 1.29 is 0 Å². The van der Waals surface area contributed by atoms with Gasteiger partial charge in [-0.15, -0.1) is 10.2 Å². The van der Waals surface area contributed by atoms with Crippen molar-refractivity contribution in [2.24, 2.45) is 0 Å². The minimum absolute atomic E-state index is 0.178. The Balaban J connectivity index is 2.30. The summed E-state index contributed by atoms with van der Waals surface area (Å²) in [6.45, 7) is 0. The van der Waals surface area contributed by atoms with E-state index in [4.69, 9.17) is 5.73 Å².